The summed E-state index contributed by atoms with van der Waals surface area (Å²) < 4.78 is 11.7. The van der Waals surface area contributed by atoms with Gasteiger partial charge in [-0.05, 0) is 49.6 Å². The van der Waals surface area contributed by atoms with Gasteiger partial charge in [-0.25, -0.2) is 0 Å². The fourth-order valence-corrected chi connectivity index (χ4v) is 2.82. The minimum atomic E-state index is -0.0779. The zero-order valence-electron chi connectivity index (χ0n) is 20.5. The molecule has 2 N–H and O–H groups in total. The molecule has 0 aromatic heterocycles. The quantitative estimate of drug-likeness (QED) is 0.256. The highest BCUT2D eigenvalue weighted by Crippen LogP contribution is 2.22. The number of aryl methyl sites for hydroxylation is 1. The van der Waals surface area contributed by atoms with Crippen LogP contribution in [0.15, 0.2) is 47.5 Å². The van der Waals surface area contributed by atoms with Gasteiger partial charge in [-0.2, -0.15) is 0 Å². The van der Waals surface area contributed by atoms with Gasteiger partial charge < -0.3 is 25.0 Å². The summed E-state index contributed by atoms with van der Waals surface area (Å²) in [4.78, 5) is 17.5. The largest absolute Gasteiger partial charge is 0.490 e. The van der Waals surface area contributed by atoms with Gasteiger partial charge in [0.1, 0.15) is 11.5 Å². The topological polar surface area (TPSA) is 75.2 Å². The smallest absolute Gasteiger partial charge is 0.259 e. The van der Waals surface area contributed by atoms with Crippen molar-refractivity contribution in [3.8, 4) is 11.5 Å². The van der Waals surface area contributed by atoms with Crippen LogP contribution in [-0.4, -0.2) is 50.6 Å². The average molecular weight is 569 g/mol. The highest BCUT2D eigenvalue weighted by atomic mass is 127. The number of aliphatic imine (C=N–C) groups is 1. The van der Waals surface area contributed by atoms with Crippen molar-refractivity contribution in [2.45, 2.75) is 46.4 Å². The molecule has 2 aromatic carbocycles. The second-order valence-corrected chi connectivity index (χ2v) is 7.95. The van der Waals surface area contributed by atoms with Gasteiger partial charge in [0.2, 0.25) is 0 Å². The van der Waals surface area contributed by atoms with Crippen molar-refractivity contribution < 1.29 is 14.3 Å². The summed E-state index contributed by atoms with van der Waals surface area (Å²) in [7, 11) is 5.16. The molecule has 2 aromatic rings. The molecule has 0 aliphatic rings. The zero-order valence-corrected chi connectivity index (χ0v) is 22.8. The first-order valence-corrected chi connectivity index (χ1v) is 10.9. The fraction of sp³-hybridized carbons (Fsp3) is 0.440. The Bertz CT molecular complexity index is 918. The second kappa shape index (κ2) is 14.6. The summed E-state index contributed by atoms with van der Waals surface area (Å²) in [6.45, 7) is 7.45. The summed E-state index contributed by atoms with van der Waals surface area (Å²) in [5, 5.41) is 6.67. The maximum atomic E-state index is 11.7. The first-order valence-electron chi connectivity index (χ1n) is 10.9. The number of nitrogens with one attached hydrogen (secondary N) is 2. The van der Waals surface area contributed by atoms with Gasteiger partial charge in [-0.3, -0.25) is 9.79 Å². The summed E-state index contributed by atoms with van der Waals surface area (Å²) in [5.74, 6) is 2.17. The molecule has 0 heterocycles. The maximum Gasteiger partial charge on any atom is 0.259 e. The lowest BCUT2D eigenvalue weighted by molar-refractivity contribution is -0.130. The Morgan fingerprint density at radius 2 is 1.85 bits per heavy atom. The van der Waals surface area contributed by atoms with E-state index in [9.17, 15) is 4.79 Å². The van der Waals surface area contributed by atoms with Crippen LogP contribution < -0.4 is 20.1 Å². The van der Waals surface area contributed by atoms with Crippen LogP contribution in [-0.2, 0) is 17.9 Å². The van der Waals surface area contributed by atoms with E-state index in [1.807, 2.05) is 24.3 Å². The molecule has 0 aliphatic carbocycles. The number of guanidine groups is 1. The first kappa shape index (κ1) is 28.5. The van der Waals surface area contributed by atoms with Crippen molar-refractivity contribution in [1.29, 1.82) is 0 Å². The summed E-state index contributed by atoms with van der Waals surface area (Å²) in [6, 6.07) is 13.9. The van der Waals surface area contributed by atoms with Crippen LogP contribution in [0.2, 0.25) is 0 Å². The molecule has 1 unspecified atom stereocenters. The van der Waals surface area contributed by atoms with Crippen molar-refractivity contribution in [2.24, 2.45) is 4.99 Å². The minimum absolute atomic E-state index is 0. The molecule has 1 amide bonds. The highest BCUT2D eigenvalue weighted by molar-refractivity contribution is 14.0. The van der Waals surface area contributed by atoms with Crippen LogP contribution in [0, 0.1) is 6.92 Å². The molecular formula is C25H37IN4O3. The fourth-order valence-electron chi connectivity index (χ4n) is 2.82. The molecule has 0 saturated carbocycles. The molecule has 182 valence electrons. The molecule has 33 heavy (non-hydrogen) atoms. The number of halogens is 1. The molecule has 1 atom stereocenters. The Labute approximate surface area is 215 Å². The maximum absolute atomic E-state index is 11.7. The van der Waals surface area contributed by atoms with E-state index in [2.05, 4.69) is 54.6 Å². The van der Waals surface area contributed by atoms with E-state index in [0.717, 1.165) is 23.3 Å². The molecular weight excluding hydrogens is 531 g/mol. The van der Waals surface area contributed by atoms with Crippen LogP contribution in [0.4, 0.5) is 0 Å². The Morgan fingerprint density at radius 1 is 1.12 bits per heavy atom. The number of hydrogen-bond acceptors (Lipinski definition) is 4. The summed E-state index contributed by atoms with van der Waals surface area (Å²) >= 11 is 0. The number of likely N-dealkylation sites (N-methyl/N-ethyl adjacent to an activating group) is 1. The number of benzene rings is 2. The van der Waals surface area contributed by atoms with Gasteiger partial charge in [-0.1, -0.05) is 31.2 Å². The number of nitrogens with zero attached hydrogens (tertiary/aromatic N) is 2. The molecule has 0 fully saturated rings. The van der Waals surface area contributed by atoms with E-state index in [0.29, 0.717) is 24.8 Å². The number of rotatable bonds is 10. The van der Waals surface area contributed by atoms with E-state index in [-0.39, 0.29) is 42.6 Å². The number of carbonyl (C=O) groups excluding carboxylic acids is 1. The highest BCUT2D eigenvalue weighted by Gasteiger charge is 2.09. The molecule has 7 nitrogen and oxygen atoms in total. The molecule has 0 bridgehead atoms. The normalized spacial score (nSPS) is 11.8. The van der Waals surface area contributed by atoms with Gasteiger partial charge >= 0.3 is 0 Å². The van der Waals surface area contributed by atoms with E-state index < -0.39 is 0 Å². The summed E-state index contributed by atoms with van der Waals surface area (Å²) in [6.07, 6.45) is 1.12. The van der Waals surface area contributed by atoms with Gasteiger partial charge in [0.15, 0.2) is 12.6 Å². The molecule has 0 spiro atoms. The lowest BCUT2D eigenvalue weighted by atomic mass is 10.1. The second-order valence-electron chi connectivity index (χ2n) is 7.95. The molecule has 0 radical (unpaired) electrons. The van der Waals surface area contributed by atoms with Crippen molar-refractivity contribution in [2.75, 3.05) is 27.7 Å². The van der Waals surface area contributed by atoms with Gasteiger partial charge in [0, 0.05) is 39.8 Å². The minimum Gasteiger partial charge on any atom is -0.490 e. The number of hydrogen-bond donors (Lipinski definition) is 2. The molecule has 0 saturated heterocycles. The van der Waals surface area contributed by atoms with Crippen LogP contribution >= 0.6 is 24.0 Å². The third kappa shape index (κ3) is 9.89. The summed E-state index contributed by atoms with van der Waals surface area (Å²) in [5.41, 5.74) is 3.28. The Balaban J connectivity index is 0.00000544. The number of ether oxygens (including phenoxy) is 2. The average Bonchev–Trinajstić information content (AvgIpc) is 2.78. The zero-order chi connectivity index (χ0) is 23.5. The Hall–Kier alpha value is -2.49. The van der Waals surface area contributed by atoms with Gasteiger partial charge in [-0.15, -0.1) is 24.0 Å². The van der Waals surface area contributed by atoms with E-state index in [1.54, 1.807) is 21.1 Å². The van der Waals surface area contributed by atoms with Crippen molar-refractivity contribution in [1.82, 2.24) is 15.5 Å². The molecule has 8 heteroatoms. The van der Waals surface area contributed by atoms with E-state index in [1.165, 1.54) is 10.5 Å². The molecule has 2 rings (SSSR count). The predicted octanol–water partition coefficient (Wildman–Crippen LogP) is 4.12. The van der Waals surface area contributed by atoms with Crippen LogP contribution in [0.5, 0.6) is 11.5 Å². The lowest BCUT2D eigenvalue weighted by Gasteiger charge is -2.18. The van der Waals surface area contributed by atoms with E-state index in [4.69, 9.17) is 9.47 Å². The first-order chi connectivity index (χ1) is 15.3. The Kier molecular flexibility index (Phi) is 12.6. The van der Waals surface area contributed by atoms with E-state index >= 15 is 0 Å². The van der Waals surface area contributed by atoms with Gasteiger partial charge in [0.05, 0.1) is 6.10 Å². The predicted molar refractivity (Wildman–Crippen MR) is 145 cm³/mol. The van der Waals surface area contributed by atoms with Crippen molar-refractivity contribution in [3.63, 3.8) is 0 Å². The monoisotopic (exact) mass is 568 g/mol. The lowest BCUT2D eigenvalue weighted by Crippen LogP contribution is -2.36. The molecule has 0 aliphatic heterocycles. The van der Waals surface area contributed by atoms with Crippen LogP contribution in [0.1, 0.15) is 37.0 Å². The van der Waals surface area contributed by atoms with Crippen molar-refractivity contribution in [3.05, 3.63) is 59.2 Å². The van der Waals surface area contributed by atoms with Crippen molar-refractivity contribution >= 4 is 35.8 Å². The Morgan fingerprint density at radius 3 is 2.52 bits per heavy atom. The van der Waals surface area contributed by atoms with Crippen LogP contribution in [0.25, 0.3) is 0 Å². The SMILES string of the molecule is CCC(C)Oc1cc(C)ccc1CNC(=NC)NCc1cccc(OCC(=O)N(C)C)c1.I. The third-order valence-electron chi connectivity index (χ3n) is 5.02. The number of amides is 1. The number of carbonyl (C=O) groups is 1. The third-order valence-corrected chi connectivity index (χ3v) is 5.02. The van der Waals surface area contributed by atoms with Gasteiger partial charge in [0.25, 0.3) is 5.91 Å². The standard InChI is InChI=1S/C25H36N4O3.HI/c1-7-19(3)32-23-13-18(2)11-12-21(23)16-28-25(26-4)27-15-20-9-8-10-22(14-20)31-17-24(30)29(5)6;/h8-14,19H,7,15-17H2,1-6H3,(H2,26,27,28);1H. The van der Waals surface area contributed by atoms with Crippen LogP contribution in [0.3, 0.4) is 0 Å².